The van der Waals surface area contributed by atoms with Gasteiger partial charge in [0.15, 0.2) is 12.6 Å². The molecule has 2 aliphatic rings. The molecule has 10 heteroatoms. The molecule has 2 saturated heterocycles. The summed E-state index contributed by atoms with van der Waals surface area (Å²) in [5.74, 6) is -0.405. The molecule has 2 heterocycles. The average Bonchev–Trinajstić information content (AvgIpc) is 2.55. The molecule has 25 heavy (non-hydrogen) atoms. The Kier molecular flexibility index (Phi) is 7.11. The van der Waals surface area contributed by atoms with E-state index in [2.05, 4.69) is 5.32 Å². The third-order valence-corrected chi connectivity index (χ3v) is 4.36. The van der Waals surface area contributed by atoms with E-state index < -0.39 is 61.7 Å². The molecule has 0 aliphatic carbocycles. The first-order valence-electron chi connectivity index (χ1n) is 8.19. The van der Waals surface area contributed by atoms with Crippen LogP contribution >= 0.6 is 0 Å². The van der Waals surface area contributed by atoms with E-state index in [-0.39, 0.29) is 12.5 Å². The molecule has 2 aliphatic heterocycles. The minimum atomic E-state index is -1.32. The molecule has 2 rings (SSSR count). The Bertz CT molecular complexity index is 451. The third-order valence-electron chi connectivity index (χ3n) is 4.36. The number of nitrogens with one attached hydrogen (secondary N) is 1. The lowest BCUT2D eigenvalue weighted by Gasteiger charge is -2.46. The number of methoxy groups -OCH3 is 1. The maximum atomic E-state index is 11.5. The zero-order valence-electron chi connectivity index (χ0n) is 14.4. The number of hydrogen-bond donors (Lipinski definition) is 5. The van der Waals surface area contributed by atoms with Gasteiger partial charge < -0.3 is 44.7 Å². The summed E-state index contributed by atoms with van der Waals surface area (Å²) in [6.45, 7) is 2.50. The van der Waals surface area contributed by atoms with Crippen LogP contribution in [-0.4, -0.2) is 95.3 Å². The molecule has 0 saturated carbocycles. The van der Waals surface area contributed by atoms with E-state index >= 15 is 0 Å². The first kappa shape index (κ1) is 20.5. The molecule has 0 spiro atoms. The van der Waals surface area contributed by atoms with Gasteiger partial charge in [0.1, 0.15) is 30.5 Å². The molecular formula is C15H27NO9. The summed E-state index contributed by atoms with van der Waals surface area (Å²) in [4.78, 5) is 11.5. The van der Waals surface area contributed by atoms with Crippen molar-refractivity contribution in [2.45, 2.75) is 75.5 Å². The van der Waals surface area contributed by atoms with Crippen molar-refractivity contribution in [1.29, 1.82) is 0 Å². The van der Waals surface area contributed by atoms with Crippen molar-refractivity contribution < 1.29 is 44.2 Å². The fourth-order valence-corrected chi connectivity index (χ4v) is 3.11. The van der Waals surface area contributed by atoms with Gasteiger partial charge in [-0.15, -0.1) is 0 Å². The normalized spacial score (nSPS) is 45.2. The lowest BCUT2D eigenvalue weighted by Crippen LogP contribution is -2.66. The van der Waals surface area contributed by atoms with Crippen LogP contribution in [0.1, 0.15) is 20.3 Å². The molecule has 10 nitrogen and oxygen atoms in total. The van der Waals surface area contributed by atoms with Gasteiger partial charge in [0.25, 0.3) is 0 Å². The third kappa shape index (κ3) is 4.66. The van der Waals surface area contributed by atoms with Gasteiger partial charge in [0.05, 0.1) is 18.8 Å². The van der Waals surface area contributed by atoms with Gasteiger partial charge in [0.2, 0.25) is 5.91 Å². The molecule has 0 aromatic heterocycles. The number of carbonyl (C=O) groups excluding carboxylic acids is 1. The van der Waals surface area contributed by atoms with Crippen molar-refractivity contribution in [2.24, 2.45) is 0 Å². The maximum Gasteiger partial charge on any atom is 0.217 e. The van der Waals surface area contributed by atoms with Gasteiger partial charge in [0, 0.05) is 20.5 Å². The van der Waals surface area contributed by atoms with Crippen molar-refractivity contribution >= 4 is 5.91 Å². The average molecular weight is 365 g/mol. The van der Waals surface area contributed by atoms with Gasteiger partial charge in [-0.25, -0.2) is 0 Å². The van der Waals surface area contributed by atoms with Crippen molar-refractivity contribution in [1.82, 2.24) is 5.32 Å². The van der Waals surface area contributed by atoms with Gasteiger partial charge in [-0.05, 0) is 6.92 Å². The predicted molar refractivity (Wildman–Crippen MR) is 82.2 cm³/mol. The SMILES string of the molecule is CO[C@H]1O[C@H](CO)[C@@H](O)[C@H](O[C@@H]2O[C@@H](C)C[C@@H](O)[C@H]2O)[C@H]1NC(C)=O. The Morgan fingerprint density at radius 2 is 1.88 bits per heavy atom. The molecule has 0 radical (unpaired) electrons. The van der Waals surface area contributed by atoms with E-state index in [0.29, 0.717) is 0 Å². The molecule has 0 aromatic rings. The van der Waals surface area contributed by atoms with Crippen molar-refractivity contribution in [2.75, 3.05) is 13.7 Å². The highest BCUT2D eigenvalue weighted by molar-refractivity contribution is 5.73. The molecule has 146 valence electrons. The summed E-state index contributed by atoms with van der Waals surface area (Å²) in [6, 6.07) is -0.912. The number of hydrogen-bond acceptors (Lipinski definition) is 9. The standard InChI is InChI=1S/C15H27NO9/c1-6-4-8(19)11(20)15(23-6)25-13-10(16-7(2)18)14(22-3)24-9(5-17)12(13)21/h6,8-15,17,19-21H,4-5H2,1-3H3,(H,16,18)/t6-,8+,9+,10+,11+,12+,13+,14-,15-/m0/s1. The smallest absolute Gasteiger partial charge is 0.217 e. The second-order valence-corrected chi connectivity index (χ2v) is 6.39. The number of rotatable bonds is 5. The molecule has 5 N–H and O–H groups in total. The van der Waals surface area contributed by atoms with E-state index in [9.17, 15) is 25.2 Å². The number of aliphatic hydroxyl groups is 4. The van der Waals surface area contributed by atoms with Crippen LogP contribution in [0.15, 0.2) is 0 Å². The summed E-state index contributed by atoms with van der Waals surface area (Å²) in [6.07, 6.45) is -8.13. The molecule has 9 atom stereocenters. The Labute approximate surface area is 145 Å². The van der Waals surface area contributed by atoms with E-state index in [0.717, 1.165) is 0 Å². The molecule has 0 unspecified atom stereocenters. The van der Waals surface area contributed by atoms with Crippen LogP contribution in [0, 0.1) is 0 Å². The number of carbonyl (C=O) groups is 1. The van der Waals surface area contributed by atoms with Gasteiger partial charge >= 0.3 is 0 Å². The molecule has 0 bridgehead atoms. The number of amides is 1. The first-order valence-corrected chi connectivity index (χ1v) is 8.19. The Balaban J connectivity index is 2.22. The van der Waals surface area contributed by atoms with E-state index in [1.54, 1.807) is 6.92 Å². The monoisotopic (exact) mass is 365 g/mol. The Hall–Kier alpha value is -0.850. The van der Waals surface area contributed by atoms with Crippen molar-refractivity contribution in [3.63, 3.8) is 0 Å². The fraction of sp³-hybridized carbons (Fsp3) is 0.933. The molecular weight excluding hydrogens is 338 g/mol. The number of ether oxygens (including phenoxy) is 4. The van der Waals surface area contributed by atoms with Crippen molar-refractivity contribution in [3.8, 4) is 0 Å². The van der Waals surface area contributed by atoms with Crippen LogP contribution in [0.4, 0.5) is 0 Å². The van der Waals surface area contributed by atoms with E-state index in [1.165, 1.54) is 14.0 Å². The lowest BCUT2D eigenvalue weighted by molar-refractivity contribution is -0.326. The second-order valence-electron chi connectivity index (χ2n) is 6.39. The summed E-state index contributed by atoms with van der Waals surface area (Å²) in [5.41, 5.74) is 0. The fourth-order valence-electron chi connectivity index (χ4n) is 3.11. The van der Waals surface area contributed by atoms with Crippen LogP contribution in [-0.2, 0) is 23.7 Å². The first-order chi connectivity index (χ1) is 11.8. The van der Waals surface area contributed by atoms with E-state index in [4.69, 9.17) is 18.9 Å². The Morgan fingerprint density at radius 1 is 1.20 bits per heavy atom. The zero-order chi connectivity index (χ0) is 18.7. The second kappa shape index (κ2) is 8.69. The molecule has 1 amide bonds. The number of aliphatic hydroxyl groups excluding tert-OH is 4. The highest BCUT2D eigenvalue weighted by Gasteiger charge is 2.49. The minimum absolute atomic E-state index is 0.243. The highest BCUT2D eigenvalue weighted by Crippen LogP contribution is 2.29. The van der Waals surface area contributed by atoms with Gasteiger partial charge in [-0.2, -0.15) is 0 Å². The topological polar surface area (TPSA) is 147 Å². The van der Waals surface area contributed by atoms with Crippen LogP contribution in [0.5, 0.6) is 0 Å². The van der Waals surface area contributed by atoms with Crippen LogP contribution < -0.4 is 5.32 Å². The highest BCUT2D eigenvalue weighted by atomic mass is 16.7. The van der Waals surface area contributed by atoms with Gasteiger partial charge in [-0.3, -0.25) is 4.79 Å². The summed E-state index contributed by atoms with van der Waals surface area (Å²) < 4.78 is 21.8. The predicted octanol–water partition coefficient (Wildman–Crippen LogP) is -2.54. The molecule has 0 aromatic carbocycles. The van der Waals surface area contributed by atoms with Crippen LogP contribution in [0.2, 0.25) is 0 Å². The minimum Gasteiger partial charge on any atom is -0.394 e. The van der Waals surface area contributed by atoms with Crippen LogP contribution in [0.3, 0.4) is 0 Å². The Morgan fingerprint density at radius 3 is 2.44 bits per heavy atom. The molecule has 2 fully saturated rings. The zero-order valence-corrected chi connectivity index (χ0v) is 14.4. The summed E-state index contributed by atoms with van der Waals surface area (Å²) in [7, 11) is 1.35. The van der Waals surface area contributed by atoms with Gasteiger partial charge in [-0.1, -0.05) is 0 Å². The lowest BCUT2D eigenvalue weighted by atomic mass is 9.96. The largest absolute Gasteiger partial charge is 0.394 e. The maximum absolute atomic E-state index is 11.5. The van der Waals surface area contributed by atoms with Crippen LogP contribution in [0.25, 0.3) is 0 Å². The summed E-state index contributed by atoms with van der Waals surface area (Å²) in [5, 5.41) is 42.4. The van der Waals surface area contributed by atoms with Crippen molar-refractivity contribution in [3.05, 3.63) is 0 Å². The van der Waals surface area contributed by atoms with E-state index in [1.807, 2.05) is 0 Å². The summed E-state index contributed by atoms with van der Waals surface area (Å²) >= 11 is 0. The quantitative estimate of drug-likeness (QED) is 0.355.